The first-order valence-electron chi connectivity index (χ1n) is 35.5. The number of likely N-dealkylation sites (N-methyl/N-ethyl adjacent to an activating group) is 1. The van der Waals surface area contributed by atoms with Crippen molar-refractivity contribution in [3.63, 3.8) is 0 Å². The van der Waals surface area contributed by atoms with E-state index in [4.69, 9.17) is 9.05 Å². The number of phosphoric ester groups is 1. The standard InChI is InChI=1S/C70H141N2O6P/c1-6-8-10-12-14-16-18-20-22-24-25-26-27-28-29-30-31-32-33-34-35-36-37-38-39-40-41-42-43-44-45-46-47-48-50-52-54-56-58-60-62-64-70(74)71-68(67-78-79(75,76)77-66-65-72(3,4)5)69(73)63-61-59-57-55-53-51-49-23-21-19-17-15-13-11-9-7-2/h24-25,68-69,73H,6-23,26-67H2,1-5H3,(H-,71,74,75,76)/b25-24-. The van der Waals surface area contributed by atoms with Crippen LogP contribution >= 0.6 is 7.82 Å². The van der Waals surface area contributed by atoms with Crippen LogP contribution in [0.2, 0.25) is 0 Å². The molecule has 3 unspecified atom stereocenters. The van der Waals surface area contributed by atoms with Crippen molar-refractivity contribution < 1.29 is 32.9 Å². The number of phosphoric acid groups is 1. The Morgan fingerprint density at radius 2 is 0.696 bits per heavy atom. The maximum atomic E-state index is 13.0. The highest BCUT2D eigenvalue weighted by molar-refractivity contribution is 7.45. The van der Waals surface area contributed by atoms with E-state index in [-0.39, 0.29) is 19.1 Å². The first kappa shape index (κ1) is 78.2. The lowest BCUT2D eigenvalue weighted by Gasteiger charge is -2.30. The molecule has 1 amide bonds. The van der Waals surface area contributed by atoms with E-state index < -0.39 is 20.0 Å². The van der Waals surface area contributed by atoms with Gasteiger partial charge in [-0.25, -0.2) is 0 Å². The van der Waals surface area contributed by atoms with Gasteiger partial charge in [0.15, 0.2) is 0 Å². The average molecular weight is 1140 g/mol. The molecule has 0 aliphatic rings. The number of unbranched alkanes of at least 4 members (excludes halogenated alkanes) is 52. The number of nitrogens with zero attached hydrogens (tertiary/aromatic N) is 1. The van der Waals surface area contributed by atoms with Crippen molar-refractivity contribution in [2.45, 2.75) is 392 Å². The number of rotatable bonds is 67. The zero-order chi connectivity index (χ0) is 57.7. The first-order chi connectivity index (χ1) is 38.5. The summed E-state index contributed by atoms with van der Waals surface area (Å²) in [5.74, 6) is -0.155. The summed E-state index contributed by atoms with van der Waals surface area (Å²) in [6.45, 7) is 4.78. The second kappa shape index (κ2) is 61.8. The van der Waals surface area contributed by atoms with Crippen LogP contribution in [0.25, 0.3) is 0 Å². The van der Waals surface area contributed by atoms with Crippen molar-refractivity contribution in [2.75, 3.05) is 40.9 Å². The molecular formula is C70H141N2O6P. The molecule has 2 N–H and O–H groups in total. The highest BCUT2D eigenvalue weighted by atomic mass is 31.2. The van der Waals surface area contributed by atoms with E-state index >= 15 is 0 Å². The number of aliphatic hydroxyl groups excluding tert-OH is 1. The van der Waals surface area contributed by atoms with E-state index in [1.165, 1.54) is 315 Å². The third kappa shape index (κ3) is 64.7. The number of amides is 1. The van der Waals surface area contributed by atoms with Crippen LogP contribution in [-0.2, 0) is 18.4 Å². The molecule has 0 spiro atoms. The minimum absolute atomic E-state index is 0.0161. The molecular weight excluding hydrogens is 996 g/mol. The second-order valence-electron chi connectivity index (χ2n) is 26.0. The average Bonchev–Trinajstić information content (AvgIpc) is 3.42. The molecule has 0 aliphatic carbocycles. The normalized spacial score (nSPS) is 13.7. The predicted molar refractivity (Wildman–Crippen MR) is 344 cm³/mol. The number of carbonyl (C=O) groups excluding carboxylic acids is 1. The summed E-state index contributed by atoms with van der Waals surface area (Å²) >= 11 is 0. The summed E-state index contributed by atoms with van der Waals surface area (Å²) < 4.78 is 23.5. The Balaban J connectivity index is 3.81. The van der Waals surface area contributed by atoms with Gasteiger partial charge in [0.2, 0.25) is 5.91 Å². The summed E-state index contributed by atoms with van der Waals surface area (Å²) in [7, 11) is 1.33. The molecule has 0 radical (unpaired) electrons. The van der Waals surface area contributed by atoms with Gasteiger partial charge in [-0.1, -0.05) is 347 Å². The smallest absolute Gasteiger partial charge is 0.268 e. The molecule has 0 aromatic heterocycles. The largest absolute Gasteiger partial charge is 0.756 e. The van der Waals surface area contributed by atoms with Gasteiger partial charge in [-0.2, -0.15) is 0 Å². The van der Waals surface area contributed by atoms with Crippen molar-refractivity contribution in [3.8, 4) is 0 Å². The second-order valence-corrected chi connectivity index (χ2v) is 27.4. The molecule has 0 saturated carbocycles. The van der Waals surface area contributed by atoms with Gasteiger partial charge in [-0.15, -0.1) is 0 Å². The Hall–Kier alpha value is -0.760. The van der Waals surface area contributed by atoms with Crippen LogP contribution in [-0.4, -0.2) is 68.5 Å². The molecule has 0 aliphatic heterocycles. The third-order valence-electron chi connectivity index (χ3n) is 16.8. The molecule has 0 aromatic carbocycles. The minimum atomic E-state index is -4.57. The fourth-order valence-corrected chi connectivity index (χ4v) is 11.9. The molecule has 8 nitrogen and oxygen atoms in total. The van der Waals surface area contributed by atoms with Crippen molar-refractivity contribution in [1.29, 1.82) is 0 Å². The van der Waals surface area contributed by atoms with Gasteiger partial charge in [-0.3, -0.25) is 9.36 Å². The molecule has 9 heteroatoms. The number of hydrogen-bond donors (Lipinski definition) is 2. The van der Waals surface area contributed by atoms with Gasteiger partial charge < -0.3 is 28.8 Å². The maximum Gasteiger partial charge on any atom is 0.268 e. The van der Waals surface area contributed by atoms with Crippen LogP contribution in [0.15, 0.2) is 12.2 Å². The Bertz CT molecular complexity index is 1290. The van der Waals surface area contributed by atoms with Crippen molar-refractivity contribution in [1.82, 2.24) is 5.32 Å². The van der Waals surface area contributed by atoms with Gasteiger partial charge in [-0.05, 0) is 38.5 Å². The molecule has 0 heterocycles. The van der Waals surface area contributed by atoms with Crippen LogP contribution in [0.4, 0.5) is 0 Å². The lowest BCUT2D eigenvalue weighted by Crippen LogP contribution is -2.46. The first-order valence-corrected chi connectivity index (χ1v) is 37.0. The molecule has 0 fully saturated rings. The maximum absolute atomic E-state index is 13.0. The third-order valence-corrected chi connectivity index (χ3v) is 17.7. The van der Waals surface area contributed by atoms with Gasteiger partial charge >= 0.3 is 0 Å². The van der Waals surface area contributed by atoms with Crippen LogP contribution in [0.5, 0.6) is 0 Å². The fraction of sp³-hybridized carbons (Fsp3) is 0.957. The topological polar surface area (TPSA) is 108 Å². The SMILES string of the molecule is CCCCCCCCCC/C=C\CCCCCCCCCCCCCCCCCCCCCCCCCCCCCCCC(=O)NC(COP(=O)([O-])OCC[N+](C)(C)C)C(O)CCCCCCCCCCCCCCCCCC. The molecule has 0 aromatic rings. The molecule has 0 saturated heterocycles. The lowest BCUT2D eigenvalue weighted by molar-refractivity contribution is -0.870. The molecule has 3 atom stereocenters. The summed E-state index contributed by atoms with van der Waals surface area (Å²) in [6.07, 6.45) is 78.9. The number of hydrogen-bond acceptors (Lipinski definition) is 6. The molecule has 472 valence electrons. The van der Waals surface area contributed by atoms with Crippen molar-refractivity contribution in [3.05, 3.63) is 12.2 Å². The van der Waals surface area contributed by atoms with Crippen LogP contribution in [0.1, 0.15) is 380 Å². The number of quaternary nitrogens is 1. The Labute approximate surface area is 494 Å². The summed E-state index contributed by atoms with van der Waals surface area (Å²) in [4.78, 5) is 25.6. The van der Waals surface area contributed by atoms with E-state index in [0.717, 1.165) is 38.5 Å². The number of carbonyl (C=O) groups is 1. The van der Waals surface area contributed by atoms with Crippen LogP contribution < -0.4 is 10.2 Å². The fourth-order valence-electron chi connectivity index (χ4n) is 11.2. The molecule has 0 rings (SSSR count). The van der Waals surface area contributed by atoms with Gasteiger partial charge in [0.05, 0.1) is 39.9 Å². The summed E-state index contributed by atoms with van der Waals surface area (Å²) in [6, 6.07) is -0.796. The van der Waals surface area contributed by atoms with E-state index in [1.54, 1.807) is 0 Å². The van der Waals surface area contributed by atoms with E-state index in [2.05, 4.69) is 31.3 Å². The van der Waals surface area contributed by atoms with Crippen molar-refractivity contribution in [2.24, 2.45) is 0 Å². The summed E-state index contributed by atoms with van der Waals surface area (Å²) in [5, 5.41) is 14.1. The Morgan fingerprint density at radius 1 is 0.430 bits per heavy atom. The van der Waals surface area contributed by atoms with Gasteiger partial charge in [0.1, 0.15) is 13.2 Å². The number of nitrogens with one attached hydrogen (secondary N) is 1. The highest BCUT2D eigenvalue weighted by Gasteiger charge is 2.24. The number of aliphatic hydroxyl groups is 1. The highest BCUT2D eigenvalue weighted by Crippen LogP contribution is 2.38. The monoisotopic (exact) mass is 1140 g/mol. The zero-order valence-electron chi connectivity index (χ0n) is 54.1. The molecule has 0 bridgehead atoms. The van der Waals surface area contributed by atoms with E-state index in [9.17, 15) is 19.4 Å². The predicted octanol–water partition coefficient (Wildman–Crippen LogP) is 21.9. The van der Waals surface area contributed by atoms with Crippen LogP contribution in [0.3, 0.4) is 0 Å². The van der Waals surface area contributed by atoms with Crippen molar-refractivity contribution >= 4 is 13.7 Å². The minimum Gasteiger partial charge on any atom is -0.756 e. The lowest BCUT2D eigenvalue weighted by atomic mass is 10.0. The quantitative estimate of drug-likeness (QED) is 0.0272. The summed E-state index contributed by atoms with van der Waals surface area (Å²) in [5.41, 5.74) is 0. The van der Waals surface area contributed by atoms with Gasteiger partial charge in [0.25, 0.3) is 7.82 Å². The van der Waals surface area contributed by atoms with E-state index in [1.807, 2.05) is 21.1 Å². The Kier molecular flexibility index (Phi) is 61.2. The zero-order valence-corrected chi connectivity index (χ0v) is 55.0. The number of allylic oxidation sites excluding steroid dienone is 2. The Morgan fingerprint density at radius 3 is 0.987 bits per heavy atom. The van der Waals surface area contributed by atoms with Crippen LogP contribution in [0, 0.1) is 0 Å². The van der Waals surface area contributed by atoms with Gasteiger partial charge in [0, 0.05) is 6.42 Å². The molecule has 79 heavy (non-hydrogen) atoms. The van der Waals surface area contributed by atoms with E-state index in [0.29, 0.717) is 23.9 Å².